The molecular weight excluding hydrogens is 232 g/mol. The number of hydrogen-bond donors (Lipinski definition) is 3. The van der Waals surface area contributed by atoms with E-state index in [1.54, 1.807) is 0 Å². The van der Waals surface area contributed by atoms with Gasteiger partial charge in [0.2, 0.25) is 5.91 Å². The minimum Gasteiger partial charge on any atom is -0.480 e. The van der Waals surface area contributed by atoms with Gasteiger partial charge in [-0.2, -0.15) is 0 Å². The Morgan fingerprint density at radius 1 is 1.39 bits per heavy atom. The molecule has 0 bridgehead atoms. The van der Waals surface area contributed by atoms with Crippen LogP contribution in [0.15, 0.2) is 0 Å². The number of piperidine rings is 1. The van der Waals surface area contributed by atoms with Crippen LogP contribution in [0.5, 0.6) is 0 Å². The van der Waals surface area contributed by atoms with Crippen LogP contribution in [-0.4, -0.2) is 35.6 Å². The normalized spacial score (nSPS) is 26.4. The third-order valence-corrected chi connectivity index (χ3v) is 3.38. The fraction of sp³-hybridized carbons (Fsp3) is 0.846. The molecule has 0 aliphatic carbocycles. The summed E-state index contributed by atoms with van der Waals surface area (Å²) in [6.45, 7) is 8.35. The van der Waals surface area contributed by atoms with Crippen molar-refractivity contribution >= 4 is 11.9 Å². The van der Waals surface area contributed by atoms with Crippen molar-refractivity contribution in [2.75, 3.05) is 6.54 Å². The van der Waals surface area contributed by atoms with Gasteiger partial charge >= 0.3 is 5.97 Å². The van der Waals surface area contributed by atoms with Gasteiger partial charge in [0, 0.05) is 0 Å². The highest BCUT2D eigenvalue weighted by Crippen LogP contribution is 2.21. The van der Waals surface area contributed by atoms with Crippen molar-refractivity contribution in [3.05, 3.63) is 0 Å². The number of carboxylic acid groups (broad SMARTS) is 1. The van der Waals surface area contributed by atoms with Crippen molar-refractivity contribution in [3.8, 4) is 0 Å². The number of carboxylic acids is 1. The van der Waals surface area contributed by atoms with Gasteiger partial charge < -0.3 is 15.7 Å². The fourth-order valence-corrected chi connectivity index (χ4v) is 2.20. The van der Waals surface area contributed by atoms with Crippen LogP contribution in [0.1, 0.15) is 40.5 Å². The maximum absolute atomic E-state index is 12.1. The Bertz CT molecular complexity index is 323. The van der Waals surface area contributed by atoms with Crippen LogP contribution in [0.4, 0.5) is 0 Å². The maximum Gasteiger partial charge on any atom is 0.326 e. The van der Waals surface area contributed by atoms with Crippen molar-refractivity contribution in [3.63, 3.8) is 0 Å². The predicted molar refractivity (Wildman–Crippen MR) is 69.2 cm³/mol. The highest BCUT2D eigenvalue weighted by molar-refractivity contribution is 5.87. The second-order valence-electron chi connectivity index (χ2n) is 6.28. The van der Waals surface area contributed by atoms with Gasteiger partial charge in [0.15, 0.2) is 0 Å². The number of carbonyl (C=O) groups is 2. The van der Waals surface area contributed by atoms with Crippen LogP contribution >= 0.6 is 0 Å². The summed E-state index contributed by atoms with van der Waals surface area (Å²) in [7, 11) is 0. The lowest BCUT2D eigenvalue weighted by molar-refractivity contribution is -0.145. The zero-order valence-electron chi connectivity index (χ0n) is 11.6. The number of aliphatic carboxylic acids is 1. The first-order chi connectivity index (χ1) is 8.21. The van der Waals surface area contributed by atoms with Gasteiger partial charge in [-0.1, -0.05) is 27.7 Å². The summed E-state index contributed by atoms with van der Waals surface area (Å²) in [5, 5.41) is 15.0. The lowest BCUT2D eigenvalue weighted by Crippen LogP contribution is -2.56. The molecule has 0 aromatic rings. The van der Waals surface area contributed by atoms with Gasteiger partial charge in [-0.3, -0.25) is 4.79 Å². The molecule has 0 aromatic carbocycles. The number of carbonyl (C=O) groups excluding carboxylic acids is 1. The second-order valence-corrected chi connectivity index (χ2v) is 6.28. The van der Waals surface area contributed by atoms with Gasteiger partial charge in [0.25, 0.3) is 0 Å². The average Bonchev–Trinajstić information content (AvgIpc) is 2.23. The second kappa shape index (κ2) is 5.69. The van der Waals surface area contributed by atoms with Crippen molar-refractivity contribution in [1.82, 2.24) is 10.6 Å². The third-order valence-electron chi connectivity index (χ3n) is 3.38. The summed E-state index contributed by atoms with van der Waals surface area (Å²) in [5.41, 5.74) is -0.498. The van der Waals surface area contributed by atoms with E-state index in [0.717, 1.165) is 19.4 Å². The Kier molecular flexibility index (Phi) is 4.73. The molecule has 18 heavy (non-hydrogen) atoms. The molecule has 1 fully saturated rings. The quantitative estimate of drug-likeness (QED) is 0.703. The van der Waals surface area contributed by atoms with Gasteiger partial charge in [-0.15, -0.1) is 0 Å². The third kappa shape index (κ3) is 3.98. The minimum absolute atomic E-state index is 0.205. The molecule has 3 unspecified atom stereocenters. The monoisotopic (exact) mass is 256 g/mol. The fourth-order valence-electron chi connectivity index (χ4n) is 2.20. The Balaban J connectivity index is 2.64. The molecule has 1 aliphatic heterocycles. The topological polar surface area (TPSA) is 78.4 Å². The van der Waals surface area contributed by atoms with Crippen molar-refractivity contribution in [2.45, 2.75) is 52.6 Å². The van der Waals surface area contributed by atoms with Crippen LogP contribution in [0.2, 0.25) is 0 Å². The molecular formula is C13H24N2O3. The van der Waals surface area contributed by atoms with Crippen LogP contribution in [-0.2, 0) is 9.59 Å². The molecule has 1 heterocycles. The van der Waals surface area contributed by atoms with Crippen LogP contribution < -0.4 is 10.6 Å². The molecule has 1 amide bonds. The lowest BCUT2D eigenvalue weighted by Gasteiger charge is -2.32. The molecule has 1 aliphatic rings. The zero-order valence-corrected chi connectivity index (χ0v) is 11.6. The number of amides is 1. The molecule has 1 saturated heterocycles. The van der Waals surface area contributed by atoms with E-state index in [1.807, 2.05) is 20.8 Å². The summed E-state index contributed by atoms with van der Waals surface area (Å²) in [6, 6.07) is -1.12. The van der Waals surface area contributed by atoms with Gasteiger partial charge in [-0.25, -0.2) is 4.79 Å². The Morgan fingerprint density at radius 3 is 2.44 bits per heavy atom. The number of nitrogens with one attached hydrogen (secondary N) is 2. The number of hydrogen-bond acceptors (Lipinski definition) is 3. The van der Waals surface area contributed by atoms with Crippen LogP contribution in [0.3, 0.4) is 0 Å². The molecule has 1 rings (SSSR count). The van der Waals surface area contributed by atoms with E-state index in [1.165, 1.54) is 0 Å². The molecule has 104 valence electrons. The largest absolute Gasteiger partial charge is 0.480 e. The highest BCUT2D eigenvalue weighted by atomic mass is 16.4. The molecule has 5 nitrogen and oxygen atoms in total. The van der Waals surface area contributed by atoms with Crippen LogP contribution in [0, 0.1) is 11.3 Å². The van der Waals surface area contributed by atoms with E-state index < -0.39 is 17.4 Å². The van der Waals surface area contributed by atoms with Crippen molar-refractivity contribution < 1.29 is 14.7 Å². The molecule has 3 atom stereocenters. The van der Waals surface area contributed by atoms with Crippen LogP contribution in [0.25, 0.3) is 0 Å². The zero-order chi connectivity index (χ0) is 13.9. The first-order valence-electron chi connectivity index (χ1n) is 6.48. The van der Waals surface area contributed by atoms with E-state index >= 15 is 0 Å². The van der Waals surface area contributed by atoms with Crippen molar-refractivity contribution in [1.29, 1.82) is 0 Å². The predicted octanol–water partition coefficient (Wildman–Crippen LogP) is 0.990. The first-order valence-corrected chi connectivity index (χ1v) is 6.48. The van der Waals surface area contributed by atoms with Crippen molar-refractivity contribution in [2.24, 2.45) is 11.3 Å². The van der Waals surface area contributed by atoms with Gasteiger partial charge in [-0.05, 0) is 30.7 Å². The minimum atomic E-state index is -0.986. The Morgan fingerprint density at radius 2 is 2.00 bits per heavy atom. The molecule has 3 N–H and O–H groups in total. The van der Waals surface area contributed by atoms with Gasteiger partial charge in [0.05, 0.1) is 6.04 Å². The van der Waals surface area contributed by atoms with E-state index in [0.29, 0.717) is 5.92 Å². The molecule has 0 aromatic heterocycles. The van der Waals surface area contributed by atoms with E-state index in [2.05, 4.69) is 17.6 Å². The van der Waals surface area contributed by atoms with E-state index in [-0.39, 0.29) is 11.9 Å². The smallest absolute Gasteiger partial charge is 0.326 e. The molecule has 0 spiro atoms. The summed E-state index contributed by atoms with van der Waals surface area (Å²) in [5.74, 6) is -0.691. The SMILES string of the molecule is CC1CCNC(C(=O)NC(C(=O)O)C(C)(C)C)C1. The summed E-state index contributed by atoms with van der Waals surface area (Å²) in [6.07, 6.45) is 1.83. The average molecular weight is 256 g/mol. The standard InChI is InChI=1S/C13H24N2O3/c1-8-5-6-14-9(7-8)11(16)15-10(12(17)18)13(2,3)4/h8-10,14H,5-7H2,1-4H3,(H,15,16)(H,17,18). The molecule has 0 saturated carbocycles. The summed E-state index contributed by atoms with van der Waals surface area (Å²) < 4.78 is 0. The van der Waals surface area contributed by atoms with E-state index in [4.69, 9.17) is 0 Å². The molecule has 0 radical (unpaired) electrons. The lowest BCUT2D eigenvalue weighted by atomic mass is 9.86. The van der Waals surface area contributed by atoms with E-state index in [9.17, 15) is 14.7 Å². The number of rotatable bonds is 3. The Hall–Kier alpha value is -1.10. The first kappa shape index (κ1) is 15.0. The maximum atomic E-state index is 12.1. The van der Waals surface area contributed by atoms with Gasteiger partial charge in [0.1, 0.15) is 6.04 Å². The molecule has 5 heteroatoms. The summed E-state index contributed by atoms with van der Waals surface area (Å²) in [4.78, 5) is 23.3. The summed E-state index contributed by atoms with van der Waals surface area (Å²) >= 11 is 0. The Labute approximate surface area is 108 Å². The highest BCUT2D eigenvalue weighted by Gasteiger charge is 2.35.